The first-order valence-electron chi connectivity index (χ1n) is 6.35. The second-order valence-electron chi connectivity index (χ2n) is 4.44. The molecule has 2 heterocycles. The molecule has 0 saturated carbocycles. The maximum absolute atomic E-state index is 12.4. The highest BCUT2D eigenvalue weighted by Crippen LogP contribution is 2.16. The van der Waals surface area contributed by atoms with E-state index in [4.69, 9.17) is 0 Å². The van der Waals surface area contributed by atoms with Gasteiger partial charge in [-0.05, 0) is 6.92 Å². The molecule has 7 nitrogen and oxygen atoms in total. The minimum absolute atomic E-state index is 0.153. The number of likely N-dealkylation sites (N-methyl/N-ethyl adjacent to an activating group) is 1. The number of hydrogen-bond acceptors (Lipinski definition) is 5. The fourth-order valence-corrected chi connectivity index (χ4v) is 2.98. The van der Waals surface area contributed by atoms with E-state index in [0.29, 0.717) is 31.9 Å². The average Bonchev–Trinajstić information content (AvgIpc) is 2.85. The molecule has 0 radical (unpaired) electrons. The second-order valence-corrected chi connectivity index (χ2v) is 5.43. The largest absolute Gasteiger partial charge is 0.355 e. The van der Waals surface area contributed by atoms with Crippen molar-refractivity contribution in [1.82, 2.24) is 20.9 Å². The summed E-state index contributed by atoms with van der Waals surface area (Å²) < 4.78 is 0. The number of thioether (sulfide) groups is 1. The van der Waals surface area contributed by atoms with E-state index in [1.807, 2.05) is 6.92 Å². The zero-order valence-electron chi connectivity index (χ0n) is 10.8. The van der Waals surface area contributed by atoms with Crippen LogP contribution >= 0.6 is 11.8 Å². The van der Waals surface area contributed by atoms with Crippen LogP contribution in [-0.2, 0) is 9.59 Å². The molecule has 3 N–H and O–H groups in total. The number of nitrogens with zero attached hydrogens (tertiary/aromatic N) is 1. The van der Waals surface area contributed by atoms with Crippen LogP contribution < -0.4 is 16.0 Å². The number of piperazine rings is 1. The lowest BCUT2D eigenvalue weighted by Gasteiger charge is -2.36. The Hall–Kier alpha value is -1.28. The highest BCUT2D eigenvalue weighted by molar-refractivity contribution is 8.14. The lowest BCUT2D eigenvalue weighted by atomic mass is 10.1. The molecule has 2 aliphatic rings. The molecule has 0 aromatic carbocycles. The molecule has 2 atom stereocenters. The zero-order chi connectivity index (χ0) is 13.8. The van der Waals surface area contributed by atoms with Gasteiger partial charge >= 0.3 is 0 Å². The Morgan fingerprint density at radius 3 is 2.95 bits per heavy atom. The van der Waals surface area contributed by atoms with Crippen molar-refractivity contribution in [2.24, 2.45) is 0 Å². The molecular weight excluding hydrogens is 268 g/mol. The van der Waals surface area contributed by atoms with Crippen LogP contribution in [0.1, 0.15) is 6.92 Å². The predicted octanol–water partition coefficient (Wildman–Crippen LogP) is -1.25. The summed E-state index contributed by atoms with van der Waals surface area (Å²) in [5, 5.41) is 8.29. The summed E-state index contributed by atoms with van der Waals surface area (Å²) in [6.45, 7) is 3.97. The van der Waals surface area contributed by atoms with E-state index in [-0.39, 0.29) is 17.1 Å². The monoisotopic (exact) mass is 286 g/mol. The lowest BCUT2D eigenvalue weighted by molar-refractivity contribution is -0.142. The summed E-state index contributed by atoms with van der Waals surface area (Å²) in [5.74, 6) is 0.111. The van der Waals surface area contributed by atoms with Crippen LogP contribution in [0.15, 0.2) is 0 Å². The highest BCUT2D eigenvalue weighted by Gasteiger charge is 2.38. The van der Waals surface area contributed by atoms with Crippen molar-refractivity contribution in [3.05, 3.63) is 0 Å². The summed E-state index contributed by atoms with van der Waals surface area (Å²) in [6, 6.07) is -1.00. The molecule has 2 fully saturated rings. The fourth-order valence-electron chi connectivity index (χ4n) is 2.21. The Balaban J connectivity index is 2.04. The number of amides is 3. The van der Waals surface area contributed by atoms with Gasteiger partial charge in [0.1, 0.15) is 12.1 Å². The molecule has 19 heavy (non-hydrogen) atoms. The standard InChI is InChI=1S/C11H18N4O3S/c1-2-13-9(16)8-5-12-3-4-15(8)10(17)7-6-19-11(18)14-7/h7-8,12H,2-6H2,1H3,(H,13,16)(H,14,18). The van der Waals surface area contributed by atoms with Crippen LogP contribution in [-0.4, -0.2) is 66.0 Å². The fraction of sp³-hybridized carbons (Fsp3) is 0.727. The maximum Gasteiger partial charge on any atom is 0.279 e. The van der Waals surface area contributed by atoms with Gasteiger partial charge in [0, 0.05) is 31.9 Å². The SMILES string of the molecule is CCNC(=O)C1CNCCN1C(=O)C1CSC(=O)N1. The first-order valence-corrected chi connectivity index (χ1v) is 7.34. The number of carbonyl (C=O) groups excluding carboxylic acids is 3. The van der Waals surface area contributed by atoms with Crippen molar-refractivity contribution in [3.63, 3.8) is 0 Å². The molecule has 106 valence electrons. The van der Waals surface area contributed by atoms with Gasteiger partial charge in [-0.3, -0.25) is 14.4 Å². The minimum Gasteiger partial charge on any atom is -0.355 e. The molecule has 3 amide bonds. The third-order valence-corrected chi connectivity index (χ3v) is 4.03. The number of hydrogen-bond donors (Lipinski definition) is 3. The molecule has 0 aromatic rings. The molecule has 8 heteroatoms. The molecule has 2 rings (SSSR count). The summed E-state index contributed by atoms with van der Waals surface area (Å²) in [6.07, 6.45) is 0. The van der Waals surface area contributed by atoms with Crippen LogP contribution in [0.3, 0.4) is 0 Å². The van der Waals surface area contributed by atoms with Gasteiger partial charge in [0.25, 0.3) is 5.24 Å². The van der Waals surface area contributed by atoms with Crippen molar-refractivity contribution >= 4 is 28.8 Å². The van der Waals surface area contributed by atoms with Gasteiger partial charge in [-0.25, -0.2) is 0 Å². The zero-order valence-corrected chi connectivity index (χ0v) is 11.6. The van der Waals surface area contributed by atoms with Crippen LogP contribution in [0.25, 0.3) is 0 Å². The molecule has 0 aromatic heterocycles. The third kappa shape index (κ3) is 3.19. The van der Waals surface area contributed by atoms with E-state index in [1.165, 1.54) is 0 Å². The summed E-state index contributed by atoms with van der Waals surface area (Å²) >= 11 is 1.10. The van der Waals surface area contributed by atoms with E-state index < -0.39 is 12.1 Å². The van der Waals surface area contributed by atoms with E-state index in [2.05, 4.69) is 16.0 Å². The molecular formula is C11H18N4O3S. The predicted molar refractivity (Wildman–Crippen MR) is 71.8 cm³/mol. The van der Waals surface area contributed by atoms with Crippen LogP contribution in [0.4, 0.5) is 4.79 Å². The summed E-state index contributed by atoms with van der Waals surface area (Å²) in [5.41, 5.74) is 0. The smallest absolute Gasteiger partial charge is 0.279 e. The molecule has 2 saturated heterocycles. The molecule has 0 bridgehead atoms. The first-order chi connectivity index (χ1) is 9.13. The Morgan fingerprint density at radius 2 is 2.32 bits per heavy atom. The van der Waals surface area contributed by atoms with Crippen molar-refractivity contribution in [2.75, 3.05) is 31.9 Å². The van der Waals surface area contributed by atoms with Gasteiger partial charge in [-0.1, -0.05) is 11.8 Å². The first kappa shape index (κ1) is 14.1. The molecule has 0 aliphatic carbocycles. The van der Waals surface area contributed by atoms with E-state index in [0.717, 1.165) is 11.8 Å². The topological polar surface area (TPSA) is 90.5 Å². The van der Waals surface area contributed by atoms with Gasteiger partial charge in [-0.2, -0.15) is 0 Å². The van der Waals surface area contributed by atoms with Crippen LogP contribution in [0.2, 0.25) is 0 Å². The van der Waals surface area contributed by atoms with Gasteiger partial charge in [0.15, 0.2) is 0 Å². The third-order valence-electron chi connectivity index (χ3n) is 3.15. The molecule has 2 aliphatic heterocycles. The van der Waals surface area contributed by atoms with E-state index in [1.54, 1.807) is 4.90 Å². The average molecular weight is 286 g/mol. The van der Waals surface area contributed by atoms with Gasteiger partial charge in [0.05, 0.1) is 0 Å². The minimum atomic E-state index is -0.507. The Kier molecular flexibility index (Phi) is 4.65. The summed E-state index contributed by atoms with van der Waals surface area (Å²) in [4.78, 5) is 37.0. The normalized spacial score (nSPS) is 27.0. The Labute approximate surface area is 115 Å². The Bertz CT molecular complexity index is 390. The maximum atomic E-state index is 12.4. The lowest BCUT2D eigenvalue weighted by Crippen LogP contribution is -2.62. The summed E-state index contributed by atoms with van der Waals surface area (Å²) in [7, 11) is 0. The van der Waals surface area contributed by atoms with Crippen molar-refractivity contribution < 1.29 is 14.4 Å². The van der Waals surface area contributed by atoms with Crippen molar-refractivity contribution in [2.45, 2.75) is 19.0 Å². The van der Waals surface area contributed by atoms with Gasteiger partial charge < -0.3 is 20.9 Å². The Morgan fingerprint density at radius 1 is 1.53 bits per heavy atom. The number of nitrogens with one attached hydrogen (secondary N) is 3. The van der Waals surface area contributed by atoms with Crippen LogP contribution in [0, 0.1) is 0 Å². The van der Waals surface area contributed by atoms with Crippen LogP contribution in [0.5, 0.6) is 0 Å². The highest BCUT2D eigenvalue weighted by atomic mass is 32.2. The van der Waals surface area contributed by atoms with Crippen molar-refractivity contribution in [1.29, 1.82) is 0 Å². The molecule has 2 unspecified atom stereocenters. The van der Waals surface area contributed by atoms with Gasteiger partial charge in [0.2, 0.25) is 11.8 Å². The second kappa shape index (κ2) is 6.25. The van der Waals surface area contributed by atoms with Gasteiger partial charge in [-0.15, -0.1) is 0 Å². The number of rotatable bonds is 3. The van der Waals surface area contributed by atoms with E-state index in [9.17, 15) is 14.4 Å². The quantitative estimate of drug-likeness (QED) is 0.603. The molecule has 0 spiro atoms. The van der Waals surface area contributed by atoms with Crippen molar-refractivity contribution in [3.8, 4) is 0 Å². The number of carbonyl (C=O) groups is 3. The van der Waals surface area contributed by atoms with E-state index >= 15 is 0 Å².